The molecule has 1 aliphatic carbocycles. The van der Waals surface area contributed by atoms with Gasteiger partial charge in [0.15, 0.2) is 12.3 Å². The van der Waals surface area contributed by atoms with Crippen LogP contribution in [0.4, 0.5) is 0 Å². The van der Waals surface area contributed by atoms with Crippen LogP contribution in [0.5, 0.6) is 5.75 Å². The molecule has 0 bridgehead atoms. The van der Waals surface area contributed by atoms with Gasteiger partial charge in [-0.15, -0.1) is 0 Å². The van der Waals surface area contributed by atoms with Gasteiger partial charge in [0.1, 0.15) is 5.75 Å². The lowest BCUT2D eigenvalue weighted by Crippen LogP contribution is -2.44. The second-order valence-electron chi connectivity index (χ2n) is 6.04. The number of amides is 2. The van der Waals surface area contributed by atoms with Crippen molar-refractivity contribution in [3.8, 4) is 5.75 Å². The van der Waals surface area contributed by atoms with Crippen LogP contribution in [0.25, 0.3) is 0 Å². The maximum Gasteiger partial charge on any atom is 0.290 e. The highest BCUT2D eigenvalue weighted by Gasteiger charge is 2.26. The Balaban J connectivity index is 1.46. The topological polar surface area (TPSA) is 96.1 Å². The van der Waals surface area contributed by atoms with Gasteiger partial charge in [0.05, 0.1) is 0 Å². The first-order valence-corrected chi connectivity index (χ1v) is 7.87. The second kappa shape index (κ2) is 6.74. The minimum atomic E-state index is -0.460. The monoisotopic (exact) mass is 328 g/mol. The number of aryl methyl sites for hydroxylation is 2. The number of nitrogens with zero attached hydrogens (tertiary/aromatic N) is 1. The lowest BCUT2D eigenvalue weighted by atomic mass is 10.1. The number of hydrazine groups is 1. The van der Waals surface area contributed by atoms with Gasteiger partial charge in [-0.1, -0.05) is 12.1 Å². The third-order valence-corrected chi connectivity index (χ3v) is 3.87. The number of aromatic amines is 1. The van der Waals surface area contributed by atoms with E-state index in [1.165, 1.54) is 0 Å². The largest absolute Gasteiger partial charge is 0.483 e. The van der Waals surface area contributed by atoms with Crippen LogP contribution in [0.3, 0.4) is 0 Å². The number of benzene rings is 1. The number of nitrogens with one attached hydrogen (secondary N) is 3. The maximum absolute atomic E-state index is 11.9. The average Bonchev–Trinajstić information content (AvgIpc) is 3.30. The predicted molar refractivity (Wildman–Crippen MR) is 87.6 cm³/mol. The van der Waals surface area contributed by atoms with Gasteiger partial charge in [-0.2, -0.15) is 5.10 Å². The lowest BCUT2D eigenvalue weighted by Gasteiger charge is -2.10. The summed E-state index contributed by atoms with van der Waals surface area (Å²) in [4.78, 5) is 23.7. The minimum Gasteiger partial charge on any atom is -0.483 e. The highest BCUT2D eigenvalue weighted by atomic mass is 16.5. The van der Waals surface area contributed by atoms with Crippen LogP contribution in [0.1, 0.15) is 46.1 Å². The summed E-state index contributed by atoms with van der Waals surface area (Å²) in [5, 5.41) is 6.80. The molecule has 1 aromatic heterocycles. The Hall–Kier alpha value is -2.83. The number of hydrogen-bond donors (Lipinski definition) is 3. The van der Waals surface area contributed by atoms with E-state index in [9.17, 15) is 9.59 Å². The zero-order chi connectivity index (χ0) is 17.1. The number of rotatable bonds is 5. The molecule has 0 radical (unpaired) electrons. The highest BCUT2D eigenvalue weighted by Crippen LogP contribution is 2.38. The van der Waals surface area contributed by atoms with E-state index in [0.717, 1.165) is 29.7 Å². The van der Waals surface area contributed by atoms with Crippen LogP contribution in [-0.4, -0.2) is 28.6 Å². The lowest BCUT2D eigenvalue weighted by molar-refractivity contribution is -0.123. The third kappa shape index (κ3) is 3.92. The number of H-pyrrole nitrogens is 1. The number of aromatic nitrogens is 2. The van der Waals surface area contributed by atoms with E-state index >= 15 is 0 Å². The normalized spacial score (nSPS) is 13.4. The summed E-state index contributed by atoms with van der Waals surface area (Å²) >= 11 is 0. The fourth-order valence-electron chi connectivity index (χ4n) is 2.29. The van der Waals surface area contributed by atoms with Gasteiger partial charge < -0.3 is 4.74 Å². The standard InChI is InChI=1S/C17H20N4O3/c1-10-3-4-11(2)15(7-10)24-9-16(22)20-21-17(23)14-8-13(18-19-14)12-5-6-12/h3-4,7-8,12H,5-6,9H2,1-2H3,(H,18,19)(H,20,22)(H,21,23). The molecule has 126 valence electrons. The second-order valence-corrected chi connectivity index (χ2v) is 6.04. The van der Waals surface area contributed by atoms with Gasteiger partial charge in [0.25, 0.3) is 11.8 Å². The van der Waals surface area contributed by atoms with E-state index in [0.29, 0.717) is 11.7 Å². The zero-order valence-electron chi connectivity index (χ0n) is 13.7. The Morgan fingerprint density at radius 1 is 1.25 bits per heavy atom. The SMILES string of the molecule is Cc1ccc(C)c(OCC(=O)NNC(=O)c2cc(C3CC3)[nH]n2)c1. The zero-order valence-corrected chi connectivity index (χ0v) is 13.7. The Kier molecular flexibility index (Phi) is 4.50. The van der Waals surface area contributed by atoms with Gasteiger partial charge >= 0.3 is 0 Å². The molecule has 0 unspecified atom stereocenters. The molecule has 0 saturated heterocycles. The van der Waals surface area contributed by atoms with Crippen molar-refractivity contribution in [1.82, 2.24) is 21.0 Å². The highest BCUT2D eigenvalue weighted by molar-refractivity contribution is 5.93. The average molecular weight is 328 g/mol. The van der Waals surface area contributed by atoms with Crippen LogP contribution >= 0.6 is 0 Å². The smallest absolute Gasteiger partial charge is 0.290 e. The summed E-state index contributed by atoms with van der Waals surface area (Å²) in [5.41, 5.74) is 7.87. The van der Waals surface area contributed by atoms with Gasteiger partial charge in [-0.3, -0.25) is 25.5 Å². The molecule has 24 heavy (non-hydrogen) atoms. The molecule has 7 heteroatoms. The van der Waals surface area contributed by atoms with Gasteiger partial charge in [-0.25, -0.2) is 0 Å². The summed E-state index contributed by atoms with van der Waals surface area (Å²) in [6.45, 7) is 3.67. The molecular weight excluding hydrogens is 308 g/mol. The molecule has 1 aromatic carbocycles. The molecule has 0 spiro atoms. The molecule has 0 atom stereocenters. The van der Waals surface area contributed by atoms with Crippen molar-refractivity contribution in [2.75, 3.05) is 6.61 Å². The van der Waals surface area contributed by atoms with Crippen LogP contribution in [0.15, 0.2) is 24.3 Å². The van der Waals surface area contributed by atoms with Crippen LogP contribution in [-0.2, 0) is 4.79 Å². The molecule has 3 rings (SSSR count). The molecule has 3 N–H and O–H groups in total. The minimum absolute atomic E-state index is 0.182. The first-order valence-electron chi connectivity index (χ1n) is 7.87. The summed E-state index contributed by atoms with van der Waals surface area (Å²) in [6, 6.07) is 7.48. The van der Waals surface area contributed by atoms with Crippen molar-refractivity contribution in [2.45, 2.75) is 32.6 Å². The molecule has 1 saturated carbocycles. The van der Waals surface area contributed by atoms with E-state index in [1.54, 1.807) is 6.07 Å². The van der Waals surface area contributed by atoms with Crippen LogP contribution in [0.2, 0.25) is 0 Å². The van der Waals surface area contributed by atoms with Gasteiger partial charge in [0.2, 0.25) is 0 Å². The van der Waals surface area contributed by atoms with Crippen molar-refractivity contribution in [3.05, 3.63) is 46.8 Å². The number of ether oxygens (including phenoxy) is 1. The van der Waals surface area contributed by atoms with Crippen molar-refractivity contribution in [3.63, 3.8) is 0 Å². The fraction of sp³-hybridized carbons (Fsp3) is 0.353. The summed E-state index contributed by atoms with van der Waals surface area (Å²) in [6.07, 6.45) is 2.24. The van der Waals surface area contributed by atoms with Crippen molar-refractivity contribution >= 4 is 11.8 Å². The van der Waals surface area contributed by atoms with Crippen molar-refractivity contribution in [1.29, 1.82) is 0 Å². The van der Waals surface area contributed by atoms with E-state index < -0.39 is 11.8 Å². The van der Waals surface area contributed by atoms with E-state index in [2.05, 4.69) is 21.0 Å². The molecule has 2 aromatic rings. The number of carbonyl (C=O) groups excluding carboxylic acids is 2. The molecular formula is C17H20N4O3. The molecule has 1 fully saturated rings. The van der Waals surface area contributed by atoms with Gasteiger partial charge in [0, 0.05) is 11.6 Å². The number of hydrogen-bond acceptors (Lipinski definition) is 4. The van der Waals surface area contributed by atoms with Crippen molar-refractivity contribution in [2.24, 2.45) is 0 Å². The summed E-state index contributed by atoms with van der Waals surface area (Å²) < 4.78 is 5.48. The Bertz CT molecular complexity index is 765. The first kappa shape index (κ1) is 16.0. The molecule has 7 nitrogen and oxygen atoms in total. The van der Waals surface area contributed by atoms with Crippen LogP contribution in [0, 0.1) is 13.8 Å². The maximum atomic E-state index is 11.9. The molecule has 0 aliphatic heterocycles. The van der Waals surface area contributed by atoms with E-state index in [1.807, 2.05) is 32.0 Å². The molecule has 1 heterocycles. The Labute approximate surface area is 139 Å². The summed E-state index contributed by atoms with van der Waals surface area (Å²) in [7, 11) is 0. The quantitative estimate of drug-likeness (QED) is 0.729. The molecule has 1 aliphatic rings. The number of carbonyl (C=O) groups is 2. The van der Waals surface area contributed by atoms with E-state index in [4.69, 9.17) is 4.74 Å². The van der Waals surface area contributed by atoms with Crippen molar-refractivity contribution < 1.29 is 14.3 Å². The molecule has 2 amide bonds. The Morgan fingerprint density at radius 3 is 2.79 bits per heavy atom. The predicted octanol–water partition coefficient (Wildman–Crippen LogP) is 1.74. The summed E-state index contributed by atoms with van der Waals surface area (Å²) in [5.74, 6) is 0.234. The van der Waals surface area contributed by atoms with E-state index in [-0.39, 0.29) is 12.3 Å². The van der Waals surface area contributed by atoms with Gasteiger partial charge in [-0.05, 0) is 49.9 Å². The first-order chi connectivity index (χ1) is 11.5. The third-order valence-electron chi connectivity index (χ3n) is 3.87. The van der Waals surface area contributed by atoms with Crippen LogP contribution < -0.4 is 15.6 Å². The Morgan fingerprint density at radius 2 is 2.04 bits per heavy atom. The fourth-order valence-corrected chi connectivity index (χ4v) is 2.29.